The molecule has 0 fully saturated rings. The number of phenolic OH excluding ortho intramolecular Hbond substituents is 1. The molecular formula is C80H50O17. The Morgan fingerprint density at radius 2 is 0.464 bits per heavy atom. The van der Waals surface area contributed by atoms with E-state index in [4.69, 9.17) is 52.1 Å². The van der Waals surface area contributed by atoms with Gasteiger partial charge in [0.25, 0.3) is 0 Å². The molecule has 0 radical (unpaired) electrons. The summed E-state index contributed by atoms with van der Waals surface area (Å²) < 4.78 is 73.0. The number of carbonyl (C=O) groups excluding carboxylic acids is 3. The minimum absolute atomic E-state index is 0.0237. The van der Waals surface area contributed by atoms with E-state index in [1.807, 2.05) is 97.1 Å². The van der Waals surface area contributed by atoms with Crippen molar-refractivity contribution < 1.29 is 81.5 Å². The van der Waals surface area contributed by atoms with E-state index in [0.29, 0.717) is 44.5 Å². The molecule has 0 aliphatic carbocycles. The molecule has 2 N–H and O–H groups in total. The average molecular weight is 1280 g/mol. The summed E-state index contributed by atoms with van der Waals surface area (Å²) in [6.07, 6.45) is 0. The van der Waals surface area contributed by atoms with Crippen LogP contribution >= 0.6 is 0 Å². The Morgan fingerprint density at radius 3 is 0.711 bits per heavy atom. The maximum Gasteiger partial charge on any atom is 0.343 e. The van der Waals surface area contributed by atoms with Crippen molar-refractivity contribution in [3.63, 3.8) is 0 Å². The number of carbonyl (C=O) groups is 4. The van der Waals surface area contributed by atoms with Crippen molar-refractivity contribution in [1.29, 1.82) is 0 Å². The molecule has 97 heavy (non-hydrogen) atoms. The first-order chi connectivity index (χ1) is 47.4. The van der Waals surface area contributed by atoms with Gasteiger partial charge in [-0.3, -0.25) is 0 Å². The average Bonchev–Trinajstić information content (AvgIpc) is 1.61. The van der Waals surface area contributed by atoms with E-state index in [9.17, 15) is 19.8 Å². The van der Waals surface area contributed by atoms with Crippen LogP contribution in [-0.4, -0.2) is 34.1 Å². The summed E-state index contributed by atoms with van der Waals surface area (Å²) in [5, 5.41) is 22.2. The number of esters is 3. The van der Waals surface area contributed by atoms with Crippen molar-refractivity contribution in [3.8, 4) is 69.0 Å². The van der Waals surface area contributed by atoms with E-state index in [1.165, 1.54) is 42.5 Å². The molecule has 12 aromatic carbocycles. The molecule has 0 amide bonds. The van der Waals surface area contributed by atoms with E-state index < -0.39 is 52.8 Å². The van der Waals surface area contributed by atoms with E-state index in [2.05, 4.69) is 0 Å². The summed E-state index contributed by atoms with van der Waals surface area (Å²) in [6.45, 7) is 0. The molecule has 0 atom stereocenters. The molecule has 0 aromatic heterocycles. The van der Waals surface area contributed by atoms with Crippen LogP contribution in [0.2, 0.25) is 0 Å². The quantitative estimate of drug-likeness (QED) is 0.0722. The van der Waals surface area contributed by atoms with Crippen LogP contribution in [0.15, 0.2) is 291 Å². The first kappa shape index (κ1) is 58.8. The Hall–Kier alpha value is -13.3. The van der Waals surface area contributed by atoms with Gasteiger partial charge < -0.3 is 62.3 Å². The molecule has 17 nitrogen and oxygen atoms in total. The van der Waals surface area contributed by atoms with Gasteiger partial charge in [0.05, 0.1) is 22.3 Å². The lowest BCUT2D eigenvalue weighted by Gasteiger charge is -2.28. The molecule has 0 spiro atoms. The maximum atomic E-state index is 15.5. The zero-order chi connectivity index (χ0) is 65.9. The van der Waals surface area contributed by atoms with Crippen LogP contribution in [0, 0.1) is 0 Å². The lowest BCUT2D eigenvalue weighted by molar-refractivity contribution is -0.0470. The third-order valence-electron chi connectivity index (χ3n) is 16.9. The lowest BCUT2D eigenvalue weighted by Crippen LogP contribution is -2.36. The second-order valence-electron chi connectivity index (χ2n) is 22.9. The van der Waals surface area contributed by atoms with Crippen molar-refractivity contribution in [1.82, 2.24) is 0 Å². The number of hydrogen-bond acceptors (Lipinski definition) is 16. The number of carboxylic acid groups (broad SMARTS) is 1. The predicted octanol–water partition coefficient (Wildman–Crippen LogP) is 15.4. The van der Waals surface area contributed by atoms with Gasteiger partial charge in [0.2, 0.25) is 23.0 Å². The standard InChI is InChI=1S/C80H50O17/c81-61-41-50(46-65-69(61)94-77(90-65,53-25-9-1-10-26-53)54-27-11-2-12-28-54)74(84)88-63-44-52(48-67-71(63)96-79(92-67,57-33-17-5-18-34-57)58-35-19-6-20-36-58)76(86)89-64-45-51(47-68-72(64)97-80(93-68,59-37-21-7-22-38-59)60-39-23-8-24-40-60)75(85)87-62-42-49(73(82)83)43-66-70(62)95-78(91-66,55-29-13-3-14-30-55)56-31-15-4-16-32-56/h1-48,81H,(H,82,83). The number of phenols is 1. The van der Waals surface area contributed by atoms with Gasteiger partial charge in [-0.05, 0) is 48.5 Å². The number of fused-ring (bicyclic) bond motifs is 4. The molecule has 4 heterocycles. The zero-order valence-electron chi connectivity index (χ0n) is 50.7. The molecule has 0 saturated carbocycles. The van der Waals surface area contributed by atoms with Crippen LogP contribution < -0.4 is 52.1 Å². The molecule has 17 heteroatoms. The Labute approximate surface area is 552 Å². The second-order valence-corrected chi connectivity index (χ2v) is 22.9. The number of hydrogen-bond donors (Lipinski definition) is 2. The number of aromatic carboxylic acids is 1. The summed E-state index contributed by atoms with van der Waals surface area (Å²) in [7, 11) is 0. The highest BCUT2D eigenvalue weighted by atomic mass is 16.8. The number of benzene rings is 12. The molecule has 4 aliphatic rings. The van der Waals surface area contributed by atoms with Crippen molar-refractivity contribution in [2.45, 2.75) is 23.1 Å². The van der Waals surface area contributed by atoms with Crippen LogP contribution in [0.25, 0.3) is 0 Å². The summed E-state index contributed by atoms with van der Waals surface area (Å²) >= 11 is 0. The molecule has 0 saturated heterocycles. The number of aromatic hydroxyl groups is 1. The Kier molecular flexibility index (Phi) is 14.2. The van der Waals surface area contributed by atoms with Gasteiger partial charge >= 0.3 is 47.0 Å². The van der Waals surface area contributed by atoms with Crippen LogP contribution in [0.5, 0.6) is 69.0 Å². The third kappa shape index (κ3) is 10.1. The van der Waals surface area contributed by atoms with Gasteiger partial charge in [0.15, 0.2) is 46.0 Å². The summed E-state index contributed by atoms with van der Waals surface area (Å²) in [4.78, 5) is 58.3. The Bertz CT molecular complexity index is 4900. The minimum Gasteiger partial charge on any atom is -0.504 e. The van der Waals surface area contributed by atoms with Crippen LogP contribution in [0.1, 0.15) is 85.9 Å². The van der Waals surface area contributed by atoms with E-state index >= 15 is 9.59 Å². The number of ether oxygens (including phenoxy) is 11. The monoisotopic (exact) mass is 1280 g/mol. The first-order valence-electron chi connectivity index (χ1n) is 30.7. The maximum absolute atomic E-state index is 15.5. The van der Waals surface area contributed by atoms with Crippen LogP contribution in [0.3, 0.4) is 0 Å². The summed E-state index contributed by atoms with van der Waals surface area (Å²) in [5.74, 6) is -13.2. The fourth-order valence-corrected chi connectivity index (χ4v) is 12.4. The largest absolute Gasteiger partial charge is 0.504 e. The fourth-order valence-electron chi connectivity index (χ4n) is 12.4. The first-order valence-corrected chi connectivity index (χ1v) is 30.7. The molecule has 12 aromatic rings. The Balaban J connectivity index is 0.795. The van der Waals surface area contributed by atoms with Crippen LogP contribution in [-0.2, 0) is 23.1 Å². The van der Waals surface area contributed by atoms with Crippen molar-refractivity contribution in [2.75, 3.05) is 0 Å². The van der Waals surface area contributed by atoms with Gasteiger partial charge in [0.1, 0.15) is 0 Å². The number of carboxylic acids is 1. The number of rotatable bonds is 15. The molecule has 0 unspecified atom stereocenters. The Morgan fingerprint density at radius 1 is 0.258 bits per heavy atom. The SMILES string of the molecule is O=C(O)c1cc(OC(=O)c2cc(OC(=O)c3cc(OC(=O)c4cc(O)c5c(c4)OC(c4ccccc4)(c4ccccc4)O5)c4c(c3)OC(c3ccccc3)(c3ccccc3)O4)c3c(c2)OC(c2ccccc2)(c2ccccc2)O3)c2c(c1)OC(c1ccccc1)(c1ccccc1)O2. The minimum atomic E-state index is -1.75. The third-order valence-corrected chi connectivity index (χ3v) is 16.9. The normalized spacial score (nSPS) is 14.8. The highest BCUT2D eigenvalue weighted by Gasteiger charge is 2.52. The molecular weight excluding hydrogens is 1230 g/mol. The van der Waals surface area contributed by atoms with Crippen molar-refractivity contribution in [3.05, 3.63) is 358 Å². The second kappa shape index (κ2) is 23.4. The van der Waals surface area contributed by atoms with E-state index in [-0.39, 0.29) is 85.5 Å². The molecule has 16 rings (SSSR count). The molecule has 0 bridgehead atoms. The smallest absolute Gasteiger partial charge is 0.343 e. The van der Waals surface area contributed by atoms with Gasteiger partial charge in [-0.15, -0.1) is 0 Å². The van der Waals surface area contributed by atoms with E-state index in [1.54, 1.807) is 146 Å². The van der Waals surface area contributed by atoms with E-state index in [0.717, 1.165) is 6.07 Å². The summed E-state index contributed by atoms with van der Waals surface area (Å²) in [6, 6.07) is 82.5. The lowest BCUT2D eigenvalue weighted by atomic mass is 9.97. The summed E-state index contributed by atoms with van der Waals surface area (Å²) in [5.41, 5.74) is 3.40. The van der Waals surface area contributed by atoms with Crippen molar-refractivity contribution >= 4 is 23.9 Å². The van der Waals surface area contributed by atoms with Gasteiger partial charge in [-0.25, -0.2) is 19.2 Å². The van der Waals surface area contributed by atoms with Crippen molar-refractivity contribution in [2.24, 2.45) is 0 Å². The zero-order valence-corrected chi connectivity index (χ0v) is 50.7. The topological polar surface area (TPSA) is 210 Å². The molecule has 4 aliphatic heterocycles. The van der Waals surface area contributed by atoms with Gasteiger partial charge in [-0.1, -0.05) is 243 Å². The fraction of sp³-hybridized carbons (Fsp3) is 0.0500. The van der Waals surface area contributed by atoms with Crippen LogP contribution in [0.4, 0.5) is 0 Å². The predicted molar refractivity (Wildman–Crippen MR) is 349 cm³/mol. The highest BCUT2D eigenvalue weighted by molar-refractivity contribution is 5.98. The van der Waals surface area contributed by atoms with Gasteiger partial charge in [0, 0.05) is 44.5 Å². The van der Waals surface area contributed by atoms with Gasteiger partial charge in [-0.2, -0.15) is 0 Å². The highest BCUT2D eigenvalue weighted by Crippen LogP contribution is 2.58. The molecule has 472 valence electrons.